The molecule has 11 heteroatoms. The lowest BCUT2D eigenvalue weighted by Gasteiger charge is -2.35. The van der Waals surface area contributed by atoms with Gasteiger partial charge in [-0.25, -0.2) is 22.2 Å². The van der Waals surface area contributed by atoms with Crippen molar-refractivity contribution in [1.82, 2.24) is 4.90 Å². The molecule has 178 valence electrons. The molecule has 33 heavy (non-hydrogen) atoms. The predicted molar refractivity (Wildman–Crippen MR) is 119 cm³/mol. The molecular weight excluding hydrogens is 456 g/mol. The molecule has 0 bridgehead atoms. The van der Waals surface area contributed by atoms with Gasteiger partial charge in [0.05, 0.1) is 37.2 Å². The summed E-state index contributed by atoms with van der Waals surface area (Å²) in [4.78, 5) is 13.9. The first-order chi connectivity index (χ1) is 15.5. The predicted octanol–water partition coefficient (Wildman–Crippen LogP) is 3.80. The fourth-order valence-corrected chi connectivity index (χ4v) is 5.58. The lowest BCUT2D eigenvalue weighted by molar-refractivity contribution is -0.0380. The first-order valence-electron chi connectivity index (χ1n) is 10.4. The molecule has 0 aromatic heterocycles. The number of para-hydroxylation sites is 3. The lowest BCUT2D eigenvalue weighted by Crippen LogP contribution is -2.51. The van der Waals surface area contributed by atoms with Crippen molar-refractivity contribution < 1.29 is 31.5 Å². The number of ether oxygens (including phenoxy) is 2. The standard InChI is InChI=1S/C22H25F2N3O5S/c1-22(2,3)32-21(28)25-11-12-31-15(13-25)14-26-18-9-4-5-10-19(18)27(33(26,29)30)20-16(23)7-6-8-17(20)24/h4-10,15H,11-14H2,1-3H3. The number of carbonyl (C=O) groups is 1. The molecular formula is C22H25F2N3O5S. The van der Waals surface area contributed by atoms with Crippen molar-refractivity contribution in [3.05, 3.63) is 54.1 Å². The molecule has 2 heterocycles. The summed E-state index contributed by atoms with van der Waals surface area (Å²) < 4.78 is 68.9. The quantitative estimate of drug-likeness (QED) is 0.666. The van der Waals surface area contributed by atoms with E-state index in [1.165, 1.54) is 17.0 Å². The lowest BCUT2D eigenvalue weighted by atomic mass is 10.2. The molecule has 1 atom stereocenters. The molecule has 1 amide bonds. The average molecular weight is 482 g/mol. The van der Waals surface area contributed by atoms with Crippen LogP contribution in [0, 0.1) is 11.6 Å². The van der Waals surface area contributed by atoms with E-state index in [0.29, 0.717) is 10.8 Å². The smallest absolute Gasteiger partial charge is 0.410 e. The molecule has 0 spiro atoms. The summed E-state index contributed by atoms with van der Waals surface area (Å²) in [5, 5.41) is 0. The van der Waals surface area contributed by atoms with Gasteiger partial charge >= 0.3 is 16.3 Å². The minimum Gasteiger partial charge on any atom is -0.444 e. The van der Waals surface area contributed by atoms with Gasteiger partial charge in [-0.2, -0.15) is 8.42 Å². The first-order valence-corrected chi connectivity index (χ1v) is 11.8. The summed E-state index contributed by atoms with van der Waals surface area (Å²) in [6.45, 7) is 5.74. The third kappa shape index (κ3) is 4.47. The van der Waals surface area contributed by atoms with E-state index in [9.17, 15) is 22.0 Å². The van der Waals surface area contributed by atoms with Gasteiger partial charge in [-0.1, -0.05) is 18.2 Å². The Kier molecular flexibility index (Phi) is 5.95. The van der Waals surface area contributed by atoms with Crippen molar-refractivity contribution in [1.29, 1.82) is 0 Å². The SMILES string of the molecule is CC(C)(C)OC(=O)N1CCOC(CN2c3ccccc3N(c3c(F)cccc3F)S2(=O)=O)C1. The van der Waals surface area contributed by atoms with Crippen LogP contribution in [0.3, 0.4) is 0 Å². The Morgan fingerprint density at radius 3 is 2.36 bits per heavy atom. The van der Waals surface area contributed by atoms with E-state index in [4.69, 9.17) is 9.47 Å². The van der Waals surface area contributed by atoms with Gasteiger partial charge in [0.25, 0.3) is 0 Å². The summed E-state index contributed by atoms with van der Waals surface area (Å²) in [5.41, 5.74) is -0.959. The van der Waals surface area contributed by atoms with Crippen molar-refractivity contribution >= 4 is 33.4 Å². The second kappa shape index (κ2) is 8.45. The zero-order valence-corrected chi connectivity index (χ0v) is 19.3. The summed E-state index contributed by atoms with van der Waals surface area (Å²) in [7, 11) is -4.38. The zero-order chi connectivity index (χ0) is 24.0. The van der Waals surface area contributed by atoms with Gasteiger partial charge in [-0.3, -0.25) is 0 Å². The topological polar surface area (TPSA) is 79.4 Å². The molecule has 0 N–H and O–H groups in total. The monoisotopic (exact) mass is 481 g/mol. The van der Waals surface area contributed by atoms with Crippen molar-refractivity contribution in [2.75, 3.05) is 34.9 Å². The third-order valence-electron chi connectivity index (χ3n) is 5.18. The molecule has 2 aromatic rings. The van der Waals surface area contributed by atoms with Crippen LogP contribution < -0.4 is 8.61 Å². The second-order valence-electron chi connectivity index (χ2n) is 8.78. The highest BCUT2D eigenvalue weighted by atomic mass is 32.2. The van der Waals surface area contributed by atoms with Gasteiger partial charge in [0.1, 0.15) is 11.3 Å². The molecule has 1 fully saturated rings. The molecule has 0 aliphatic carbocycles. The molecule has 1 saturated heterocycles. The molecule has 2 aliphatic rings. The maximum Gasteiger partial charge on any atom is 0.410 e. The summed E-state index contributed by atoms with van der Waals surface area (Å²) in [6, 6.07) is 9.43. The van der Waals surface area contributed by atoms with Crippen LogP contribution in [0.1, 0.15) is 20.8 Å². The zero-order valence-electron chi connectivity index (χ0n) is 18.5. The van der Waals surface area contributed by atoms with Crippen LogP contribution in [0.25, 0.3) is 0 Å². The van der Waals surface area contributed by atoms with Crippen LogP contribution >= 0.6 is 0 Å². The number of nitrogens with zero attached hydrogens (tertiary/aromatic N) is 3. The van der Waals surface area contributed by atoms with E-state index in [0.717, 1.165) is 16.4 Å². The molecule has 0 saturated carbocycles. The fraction of sp³-hybridized carbons (Fsp3) is 0.409. The van der Waals surface area contributed by atoms with Crippen LogP contribution in [-0.2, 0) is 19.7 Å². The number of amides is 1. The van der Waals surface area contributed by atoms with E-state index in [1.54, 1.807) is 39.0 Å². The van der Waals surface area contributed by atoms with E-state index in [1.807, 2.05) is 0 Å². The van der Waals surface area contributed by atoms with Crippen LogP contribution in [0.4, 0.5) is 30.6 Å². The number of hydrogen-bond acceptors (Lipinski definition) is 5. The van der Waals surface area contributed by atoms with Gasteiger partial charge in [-0.05, 0) is 45.0 Å². The Hall–Kier alpha value is -2.92. The largest absolute Gasteiger partial charge is 0.444 e. The van der Waals surface area contributed by atoms with Crippen molar-refractivity contribution in [2.45, 2.75) is 32.5 Å². The van der Waals surface area contributed by atoms with Crippen LogP contribution in [0.5, 0.6) is 0 Å². The van der Waals surface area contributed by atoms with Gasteiger partial charge < -0.3 is 14.4 Å². The maximum absolute atomic E-state index is 14.6. The van der Waals surface area contributed by atoms with E-state index in [2.05, 4.69) is 0 Å². The van der Waals surface area contributed by atoms with Crippen molar-refractivity contribution in [3.63, 3.8) is 0 Å². The Morgan fingerprint density at radius 1 is 1.09 bits per heavy atom. The first kappa shape index (κ1) is 23.2. The fourth-order valence-electron chi connectivity index (χ4n) is 3.81. The minimum atomic E-state index is -4.38. The normalized spacial score (nSPS) is 20.0. The Morgan fingerprint density at radius 2 is 1.73 bits per heavy atom. The van der Waals surface area contributed by atoms with Gasteiger partial charge in [-0.15, -0.1) is 0 Å². The van der Waals surface area contributed by atoms with Crippen LogP contribution in [0.2, 0.25) is 0 Å². The molecule has 1 unspecified atom stereocenters. The number of benzene rings is 2. The Bertz CT molecular complexity index is 1150. The summed E-state index contributed by atoms with van der Waals surface area (Å²) >= 11 is 0. The maximum atomic E-state index is 14.6. The number of anilines is 3. The number of rotatable bonds is 3. The van der Waals surface area contributed by atoms with Crippen molar-refractivity contribution in [2.24, 2.45) is 0 Å². The highest BCUT2D eigenvalue weighted by Crippen LogP contribution is 2.46. The van der Waals surface area contributed by atoms with Gasteiger partial charge in [0.15, 0.2) is 11.6 Å². The highest BCUT2D eigenvalue weighted by Gasteiger charge is 2.45. The van der Waals surface area contributed by atoms with Crippen LogP contribution in [0.15, 0.2) is 42.5 Å². The number of morpholine rings is 1. The van der Waals surface area contributed by atoms with Crippen LogP contribution in [-0.4, -0.2) is 57.4 Å². The molecule has 4 rings (SSSR count). The summed E-state index contributed by atoms with van der Waals surface area (Å²) in [5.74, 6) is -2.00. The van der Waals surface area contributed by atoms with E-state index in [-0.39, 0.29) is 31.1 Å². The minimum absolute atomic E-state index is 0.108. The third-order valence-corrected chi connectivity index (χ3v) is 6.92. The second-order valence-corrected chi connectivity index (χ2v) is 10.5. The van der Waals surface area contributed by atoms with Gasteiger partial charge in [0.2, 0.25) is 0 Å². The van der Waals surface area contributed by atoms with E-state index >= 15 is 0 Å². The number of hydrogen-bond donors (Lipinski definition) is 0. The number of carbonyl (C=O) groups excluding carboxylic acids is 1. The molecule has 0 radical (unpaired) electrons. The van der Waals surface area contributed by atoms with Gasteiger partial charge in [0, 0.05) is 6.54 Å². The van der Waals surface area contributed by atoms with Crippen molar-refractivity contribution in [3.8, 4) is 0 Å². The molecule has 2 aromatic carbocycles. The summed E-state index contributed by atoms with van der Waals surface area (Å²) in [6.07, 6.45) is -1.19. The molecule has 2 aliphatic heterocycles. The Labute approximate surface area is 191 Å². The average Bonchev–Trinajstić information content (AvgIpc) is 2.94. The number of fused-ring (bicyclic) bond motifs is 1. The molecule has 8 nitrogen and oxygen atoms in total. The number of halogens is 2. The Balaban J connectivity index is 1.63. The highest BCUT2D eigenvalue weighted by molar-refractivity contribution is 7.95. The van der Waals surface area contributed by atoms with E-state index < -0.39 is 45.3 Å².